The van der Waals surface area contributed by atoms with Crippen molar-refractivity contribution in [2.75, 3.05) is 32.8 Å². The van der Waals surface area contributed by atoms with E-state index in [1.165, 1.54) is 18.6 Å². The zero-order valence-electron chi connectivity index (χ0n) is 13.4. The number of ether oxygens (including phenoxy) is 1. The zero-order chi connectivity index (χ0) is 16.0. The highest BCUT2D eigenvalue weighted by molar-refractivity contribution is 7.89. The van der Waals surface area contributed by atoms with Crippen LogP contribution in [0.3, 0.4) is 0 Å². The van der Waals surface area contributed by atoms with Gasteiger partial charge in [-0.25, -0.2) is 13.6 Å². The molecule has 0 aromatic heterocycles. The van der Waals surface area contributed by atoms with Crippen LogP contribution >= 0.6 is 12.4 Å². The molecule has 8 heteroatoms. The van der Waals surface area contributed by atoms with Crippen LogP contribution in [0, 0.1) is 0 Å². The molecule has 0 aliphatic carbocycles. The first-order chi connectivity index (χ1) is 10.5. The van der Waals surface area contributed by atoms with E-state index < -0.39 is 10.0 Å². The number of sulfonamides is 1. The molecule has 132 valence electrons. The number of hydrogen-bond donors (Lipinski definition) is 2. The zero-order valence-corrected chi connectivity index (χ0v) is 15.0. The standard InChI is InChI=1S/C15H25N3O3S.ClH/c1-2-9-18(13-7-8-17-12-13)10-11-21-14-3-5-15(6-4-14)22(16,19)20;/h3-6,13,17H,2,7-12H2,1H3,(H2,16,19,20);1H. The van der Waals surface area contributed by atoms with E-state index in [0.717, 1.165) is 32.6 Å². The van der Waals surface area contributed by atoms with E-state index >= 15 is 0 Å². The van der Waals surface area contributed by atoms with Crippen LogP contribution < -0.4 is 15.2 Å². The number of halogens is 1. The average Bonchev–Trinajstić information content (AvgIpc) is 3.00. The van der Waals surface area contributed by atoms with E-state index in [9.17, 15) is 8.42 Å². The molecule has 0 amide bonds. The third kappa shape index (κ3) is 6.27. The SMILES string of the molecule is CCCN(CCOc1ccc(S(N)(=O)=O)cc1)C1CCNC1.Cl. The maximum Gasteiger partial charge on any atom is 0.238 e. The second kappa shape index (κ2) is 9.44. The third-order valence-electron chi connectivity index (χ3n) is 3.86. The fourth-order valence-electron chi connectivity index (χ4n) is 2.72. The van der Waals surface area contributed by atoms with Gasteiger partial charge in [-0.1, -0.05) is 6.92 Å². The molecule has 1 aliphatic rings. The molecule has 0 bridgehead atoms. The van der Waals surface area contributed by atoms with E-state index in [1.807, 2.05) is 0 Å². The molecular formula is C15H26ClN3O3S. The summed E-state index contributed by atoms with van der Waals surface area (Å²) in [5.74, 6) is 0.661. The Morgan fingerprint density at radius 1 is 1.30 bits per heavy atom. The first-order valence-electron chi connectivity index (χ1n) is 7.71. The Hall–Kier alpha value is -0.860. The number of rotatable bonds is 8. The first-order valence-corrected chi connectivity index (χ1v) is 9.26. The normalized spacial score (nSPS) is 18.0. The van der Waals surface area contributed by atoms with E-state index in [1.54, 1.807) is 12.1 Å². The van der Waals surface area contributed by atoms with Gasteiger partial charge in [0.05, 0.1) is 4.90 Å². The molecule has 3 N–H and O–H groups in total. The van der Waals surface area contributed by atoms with Crippen molar-refractivity contribution in [3.05, 3.63) is 24.3 Å². The molecule has 1 aliphatic heterocycles. The Morgan fingerprint density at radius 2 is 2.00 bits per heavy atom. The van der Waals surface area contributed by atoms with Crippen LogP contribution in [-0.2, 0) is 10.0 Å². The number of primary sulfonamides is 1. The second-order valence-electron chi connectivity index (χ2n) is 5.55. The Morgan fingerprint density at radius 3 is 2.52 bits per heavy atom. The first kappa shape index (κ1) is 20.2. The number of nitrogens with zero attached hydrogens (tertiary/aromatic N) is 1. The Labute approximate surface area is 144 Å². The van der Waals surface area contributed by atoms with Crippen molar-refractivity contribution in [3.63, 3.8) is 0 Å². The van der Waals surface area contributed by atoms with Crippen molar-refractivity contribution >= 4 is 22.4 Å². The third-order valence-corrected chi connectivity index (χ3v) is 4.79. The lowest BCUT2D eigenvalue weighted by atomic mass is 10.2. The van der Waals surface area contributed by atoms with Crippen LogP contribution in [0.4, 0.5) is 0 Å². The molecule has 0 radical (unpaired) electrons. The molecule has 1 atom stereocenters. The van der Waals surface area contributed by atoms with Gasteiger partial charge in [-0.05, 0) is 50.2 Å². The second-order valence-corrected chi connectivity index (χ2v) is 7.11. The lowest BCUT2D eigenvalue weighted by molar-refractivity contribution is 0.167. The summed E-state index contributed by atoms with van der Waals surface area (Å²) >= 11 is 0. The van der Waals surface area contributed by atoms with Gasteiger partial charge in [-0.3, -0.25) is 4.90 Å². The van der Waals surface area contributed by atoms with E-state index in [-0.39, 0.29) is 17.3 Å². The number of nitrogens with two attached hydrogens (primary N) is 1. The molecule has 0 saturated carbocycles. The van der Waals surface area contributed by atoms with Gasteiger partial charge in [0.15, 0.2) is 0 Å². The van der Waals surface area contributed by atoms with Gasteiger partial charge in [-0.15, -0.1) is 12.4 Å². The highest BCUT2D eigenvalue weighted by Gasteiger charge is 2.21. The topological polar surface area (TPSA) is 84.7 Å². The number of hydrogen-bond acceptors (Lipinski definition) is 5. The van der Waals surface area contributed by atoms with Crippen molar-refractivity contribution in [1.82, 2.24) is 10.2 Å². The van der Waals surface area contributed by atoms with Gasteiger partial charge in [0.1, 0.15) is 12.4 Å². The summed E-state index contributed by atoms with van der Waals surface area (Å²) in [5, 5.41) is 8.46. The highest BCUT2D eigenvalue weighted by atomic mass is 35.5. The Balaban J connectivity index is 0.00000264. The fraction of sp³-hybridized carbons (Fsp3) is 0.600. The minimum Gasteiger partial charge on any atom is -0.492 e. The van der Waals surface area contributed by atoms with E-state index in [2.05, 4.69) is 17.1 Å². The lowest BCUT2D eigenvalue weighted by Crippen LogP contribution is -2.40. The summed E-state index contributed by atoms with van der Waals surface area (Å²) in [6.45, 7) is 6.84. The molecule has 23 heavy (non-hydrogen) atoms. The summed E-state index contributed by atoms with van der Waals surface area (Å²) in [6.07, 6.45) is 2.31. The lowest BCUT2D eigenvalue weighted by Gasteiger charge is -2.27. The molecule has 1 aromatic carbocycles. The van der Waals surface area contributed by atoms with Gasteiger partial charge in [-0.2, -0.15) is 0 Å². The monoisotopic (exact) mass is 363 g/mol. The van der Waals surface area contributed by atoms with Crippen molar-refractivity contribution in [3.8, 4) is 5.75 Å². The average molecular weight is 364 g/mol. The maximum absolute atomic E-state index is 11.2. The summed E-state index contributed by atoms with van der Waals surface area (Å²) < 4.78 is 28.1. The van der Waals surface area contributed by atoms with Crippen molar-refractivity contribution in [2.45, 2.75) is 30.7 Å². The molecule has 1 unspecified atom stereocenters. The summed E-state index contributed by atoms with van der Waals surface area (Å²) in [4.78, 5) is 2.56. The predicted molar refractivity (Wildman–Crippen MR) is 93.7 cm³/mol. The summed E-state index contributed by atoms with van der Waals surface area (Å²) in [5.41, 5.74) is 0. The molecule has 0 spiro atoms. The fourth-order valence-corrected chi connectivity index (χ4v) is 3.24. The van der Waals surface area contributed by atoms with Crippen LogP contribution in [0.5, 0.6) is 5.75 Å². The summed E-state index contributed by atoms with van der Waals surface area (Å²) in [6, 6.07) is 6.81. The maximum atomic E-state index is 11.2. The number of benzene rings is 1. The smallest absolute Gasteiger partial charge is 0.238 e. The van der Waals surface area contributed by atoms with Gasteiger partial charge < -0.3 is 10.1 Å². The molecule has 1 aromatic rings. The minimum absolute atomic E-state index is 0. The van der Waals surface area contributed by atoms with Gasteiger partial charge >= 0.3 is 0 Å². The van der Waals surface area contributed by atoms with Crippen LogP contribution in [0.1, 0.15) is 19.8 Å². The van der Waals surface area contributed by atoms with Crippen molar-refractivity contribution < 1.29 is 13.2 Å². The van der Waals surface area contributed by atoms with E-state index in [0.29, 0.717) is 18.4 Å². The highest BCUT2D eigenvalue weighted by Crippen LogP contribution is 2.15. The predicted octanol–water partition coefficient (Wildman–Crippen LogP) is 1.21. The van der Waals surface area contributed by atoms with Crippen molar-refractivity contribution in [2.24, 2.45) is 5.14 Å². The van der Waals surface area contributed by atoms with E-state index in [4.69, 9.17) is 9.88 Å². The van der Waals surface area contributed by atoms with Gasteiger partial charge in [0.25, 0.3) is 0 Å². The van der Waals surface area contributed by atoms with Gasteiger partial charge in [0.2, 0.25) is 10.0 Å². The molecule has 1 saturated heterocycles. The molecule has 1 fully saturated rings. The summed E-state index contributed by atoms with van der Waals surface area (Å²) in [7, 11) is -3.64. The molecule has 6 nitrogen and oxygen atoms in total. The van der Waals surface area contributed by atoms with Crippen LogP contribution in [0.15, 0.2) is 29.2 Å². The Kier molecular flexibility index (Phi) is 8.28. The molecule has 1 heterocycles. The van der Waals surface area contributed by atoms with Gasteiger partial charge in [0, 0.05) is 19.1 Å². The minimum atomic E-state index is -3.64. The molecular weight excluding hydrogens is 338 g/mol. The quantitative estimate of drug-likeness (QED) is 0.725. The number of nitrogens with one attached hydrogen (secondary N) is 1. The van der Waals surface area contributed by atoms with Crippen LogP contribution in [-0.4, -0.2) is 52.1 Å². The largest absolute Gasteiger partial charge is 0.492 e. The van der Waals surface area contributed by atoms with Crippen molar-refractivity contribution in [1.29, 1.82) is 0 Å². The Bertz CT molecular complexity index is 560. The van der Waals surface area contributed by atoms with Crippen LogP contribution in [0.25, 0.3) is 0 Å². The van der Waals surface area contributed by atoms with Crippen LogP contribution in [0.2, 0.25) is 0 Å². The molecule has 2 rings (SSSR count).